The molecule has 5 rings (SSSR count). The SMILES string of the molecule is O=c1c2ccccc2nc(-c2ccccc2)n1N=Cc1ccc(OCc2ccccc2Cl)c(Br)c1. The molecule has 0 unspecified atom stereocenters. The van der Waals surface area contributed by atoms with E-state index in [0.717, 1.165) is 21.2 Å². The number of ether oxygens (including phenoxy) is 1. The van der Waals surface area contributed by atoms with Gasteiger partial charge in [0.25, 0.3) is 5.56 Å². The van der Waals surface area contributed by atoms with Crippen LogP contribution in [0.4, 0.5) is 0 Å². The van der Waals surface area contributed by atoms with E-state index in [0.29, 0.717) is 34.1 Å². The molecule has 0 aliphatic carbocycles. The maximum Gasteiger partial charge on any atom is 0.282 e. The third kappa shape index (κ3) is 5.04. The van der Waals surface area contributed by atoms with Crippen molar-refractivity contribution in [2.75, 3.05) is 0 Å². The van der Waals surface area contributed by atoms with Gasteiger partial charge in [-0.3, -0.25) is 4.79 Å². The van der Waals surface area contributed by atoms with E-state index < -0.39 is 0 Å². The van der Waals surface area contributed by atoms with Gasteiger partial charge < -0.3 is 4.74 Å². The molecule has 0 saturated heterocycles. The molecule has 0 spiro atoms. The highest BCUT2D eigenvalue weighted by Crippen LogP contribution is 2.27. The summed E-state index contributed by atoms with van der Waals surface area (Å²) < 4.78 is 8.03. The molecule has 7 heteroatoms. The van der Waals surface area contributed by atoms with E-state index in [4.69, 9.17) is 21.3 Å². The van der Waals surface area contributed by atoms with Crippen molar-refractivity contribution < 1.29 is 4.74 Å². The number of nitrogens with zero attached hydrogens (tertiary/aromatic N) is 3. The average molecular weight is 545 g/mol. The number of hydrogen-bond acceptors (Lipinski definition) is 4. The lowest BCUT2D eigenvalue weighted by Gasteiger charge is -2.11. The molecule has 5 aromatic rings. The van der Waals surface area contributed by atoms with Gasteiger partial charge in [0.1, 0.15) is 12.4 Å². The summed E-state index contributed by atoms with van der Waals surface area (Å²) in [7, 11) is 0. The van der Waals surface area contributed by atoms with Gasteiger partial charge in [-0.1, -0.05) is 72.3 Å². The molecule has 0 N–H and O–H groups in total. The second kappa shape index (κ2) is 10.3. The third-order valence-corrected chi connectivity index (χ3v) is 6.39. The Labute approximate surface area is 215 Å². The number of halogens is 2. The van der Waals surface area contributed by atoms with Crippen molar-refractivity contribution >= 4 is 44.6 Å². The molecular weight excluding hydrogens is 526 g/mol. The Balaban J connectivity index is 1.46. The monoisotopic (exact) mass is 543 g/mol. The first kappa shape index (κ1) is 23.0. The maximum absolute atomic E-state index is 13.3. The van der Waals surface area contributed by atoms with Gasteiger partial charge in [0.15, 0.2) is 5.82 Å². The van der Waals surface area contributed by atoms with Gasteiger partial charge in [-0.15, -0.1) is 0 Å². The van der Waals surface area contributed by atoms with E-state index in [9.17, 15) is 4.79 Å². The van der Waals surface area contributed by atoms with Gasteiger partial charge >= 0.3 is 0 Å². The summed E-state index contributed by atoms with van der Waals surface area (Å²) in [5.74, 6) is 1.15. The summed E-state index contributed by atoms with van der Waals surface area (Å²) in [5.41, 5.74) is 2.90. The van der Waals surface area contributed by atoms with Crippen LogP contribution in [-0.4, -0.2) is 15.9 Å². The highest BCUT2D eigenvalue weighted by molar-refractivity contribution is 9.10. The van der Waals surface area contributed by atoms with Crippen LogP contribution in [0, 0.1) is 0 Å². The second-order valence-corrected chi connectivity index (χ2v) is 9.01. The molecule has 0 amide bonds. The minimum Gasteiger partial charge on any atom is -0.488 e. The first-order valence-corrected chi connectivity index (χ1v) is 12.0. The standard InChI is InChI=1S/C28H19BrClN3O2/c29-23-16-19(14-15-26(23)35-18-21-10-4-6-12-24(21)30)17-31-33-27(20-8-2-1-3-9-20)32-25-13-7-5-11-22(25)28(33)34/h1-17H,18H2. The van der Waals surface area contributed by atoms with Crippen LogP contribution in [0.1, 0.15) is 11.1 Å². The minimum absolute atomic E-state index is 0.232. The first-order valence-electron chi connectivity index (χ1n) is 10.9. The van der Waals surface area contributed by atoms with Crippen LogP contribution < -0.4 is 10.3 Å². The number of hydrogen-bond donors (Lipinski definition) is 0. The topological polar surface area (TPSA) is 56.5 Å². The zero-order chi connectivity index (χ0) is 24.2. The Morgan fingerprint density at radius 2 is 1.69 bits per heavy atom. The molecule has 35 heavy (non-hydrogen) atoms. The highest BCUT2D eigenvalue weighted by atomic mass is 79.9. The van der Waals surface area contributed by atoms with Gasteiger partial charge in [-0.05, 0) is 57.9 Å². The molecule has 0 fully saturated rings. The van der Waals surface area contributed by atoms with E-state index in [1.54, 1.807) is 12.3 Å². The fourth-order valence-electron chi connectivity index (χ4n) is 3.61. The van der Waals surface area contributed by atoms with Crippen LogP contribution in [-0.2, 0) is 6.61 Å². The van der Waals surface area contributed by atoms with Gasteiger partial charge in [0, 0.05) is 16.1 Å². The van der Waals surface area contributed by atoms with Crippen molar-refractivity contribution in [1.29, 1.82) is 0 Å². The van der Waals surface area contributed by atoms with Crippen LogP contribution in [0.3, 0.4) is 0 Å². The summed E-state index contributed by atoms with van der Waals surface area (Å²) in [4.78, 5) is 18.0. The van der Waals surface area contributed by atoms with Crippen molar-refractivity contribution in [3.63, 3.8) is 0 Å². The predicted octanol–water partition coefficient (Wildman–Crippen LogP) is 6.94. The quantitative estimate of drug-likeness (QED) is 0.218. The van der Waals surface area contributed by atoms with Crippen molar-refractivity contribution in [1.82, 2.24) is 9.66 Å². The van der Waals surface area contributed by atoms with Crippen LogP contribution in [0.2, 0.25) is 5.02 Å². The van der Waals surface area contributed by atoms with Crippen molar-refractivity contribution in [3.8, 4) is 17.1 Å². The van der Waals surface area contributed by atoms with Crippen LogP contribution in [0.25, 0.3) is 22.3 Å². The Kier molecular flexibility index (Phi) is 6.75. The Morgan fingerprint density at radius 3 is 2.49 bits per heavy atom. The number of benzene rings is 4. The molecule has 5 nitrogen and oxygen atoms in total. The molecular formula is C28H19BrClN3O2. The van der Waals surface area contributed by atoms with Crippen molar-refractivity contribution in [3.05, 3.63) is 128 Å². The van der Waals surface area contributed by atoms with E-state index in [2.05, 4.69) is 21.0 Å². The first-order chi connectivity index (χ1) is 17.1. The maximum atomic E-state index is 13.3. The highest BCUT2D eigenvalue weighted by Gasteiger charge is 2.12. The molecule has 0 aliphatic heterocycles. The van der Waals surface area contributed by atoms with Gasteiger partial charge in [0.05, 0.1) is 21.6 Å². The summed E-state index contributed by atoms with van der Waals surface area (Å²) >= 11 is 9.78. The molecule has 1 aromatic heterocycles. The zero-order valence-corrected chi connectivity index (χ0v) is 20.8. The fourth-order valence-corrected chi connectivity index (χ4v) is 4.32. The second-order valence-electron chi connectivity index (χ2n) is 7.75. The van der Waals surface area contributed by atoms with Crippen molar-refractivity contribution in [2.24, 2.45) is 5.10 Å². The number of para-hydroxylation sites is 1. The lowest BCUT2D eigenvalue weighted by atomic mass is 10.2. The molecule has 0 bridgehead atoms. The zero-order valence-electron chi connectivity index (χ0n) is 18.4. The van der Waals surface area contributed by atoms with Gasteiger partial charge in [-0.2, -0.15) is 9.78 Å². The molecule has 0 atom stereocenters. The lowest BCUT2D eigenvalue weighted by molar-refractivity contribution is 0.304. The van der Waals surface area contributed by atoms with Crippen LogP contribution in [0.5, 0.6) is 5.75 Å². The van der Waals surface area contributed by atoms with Gasteiger partial charge in [-0.25, -0.2) is 4.98 Å². The molecule has 172 valence electrons. The number of fused-ring (bicyclic) bond motifs is 1. The summed E-state index contributed by atoms with van der Waals surface area (Å²) in [6.07, 6.45) is 1.63. The smallest absolute Gasteiger partial charge is 0.282 e. The summed E-state index contributed by atoms with van der Waals surface area (Å²) in [5, 5.41) is 5.69. The van der Waals surface area contributed by atoms with Gasteiger partial charge in [0.2, 0.25) is 0 Å². The van der Waals surface area contributed by atoms with E-state index in [1.807, 2.05) is 91.0 Å². The Hall–Kier alpha value is -3.74. The summed E-state index contributed by atoms with van der Waals surface area (Å²) in [6.45, 7) is 0.351. The minimum atomic E-state index is -0.232. The molecule has 1 heterocycles. The number of aromatic nitrogens is 2. The average Bonchev–Trinajstić information content (AvgIpc) is 2.89. The van der Waals surface area contributed by atoms with Crippen LogP contribution >= 0.6 is 27.5 Å². The fraction of sp³-hybridized carbons (Fsp3) is 0.0357. The Morgan fingerprint density at radius 1 is 0.943 bits per heavy atom. The molecule has 0 radical (unpaired) electrons. The van der Waals surface area contributed by atoms with Crippen LogP contribution in [0.15, 0.2) is 111 Å². The van der Waals surface area contributed by atoms with E-state index >= 15 is 0 Å². The largest absolute Gasteiger partial charge is 0.488 e. The molecule has 0 saturated carbocycles. The van der Waals surface area contributed by atoms with E-state index in [1.165, 1.54) is 4.68 Å². The number of rotatable bonds is 6. The normalized spacial score (nSPS) is 11.3. The summed E-state index contributed by atoms with van der Waals surface area (Å²) in [6, 6.07) is 30.0. The Bertz CT molecular complexity index is 1600. The van der Waals surface area contributed by atoms with Crippen molar-refractivity contribution in [2.45, 2.75) is 6.61 Å². The lowest BCUT2D eigenvalue weighted by Crippen LogP contribution is -2.20. The third-order valence-electron chi connectivity index (χ3n) is 5.41. The molecule has 0 aliphatic rings. The molecule has 4 aromatic carbocycles. The predicted molar refractivity (Wildman–Crippen MR) is 144 cm³/mol. The van der Waals surface area contributed by atoms with E-state index in [-0.39, 0.29) is 5.56 Å².